The van der Waals surface area contributed by atoms with E-state index in [9.17, 15) is 4.79 Å². The minimum Gasteiger partial charge on any atom is -0.638 e. The molecule has 0 aliphatic carbocycles. The first-order valence-electron chi connectivity index (χ1n) is 3.69. The van der Waals surface area contributed by atoms with Crippen LogP contribution in [0.3, 0.4) is 0 Å². The van der Waals surface area contributed by atoms with E-state index in [1.807, 2.05) is 0 Å². The van der Waals surface area contributed by atoms with E-state index in [0.29, 0.717) is 19.8 Å². The van der Waals surface area contributed by atoms with Gasteiger partial charge >= 0.3 is 51.4 Å². The third kappa shape index (κ3) is 13.0. The molecule has 72 valence electrons. The van der Waals surface area contributed by atoms with Crippen LogP contribution in [0.15, 0.2) is 0 Å². The van der Waals surface area contributed by atoms with Crippen molar-refractivity contribution in [2.24, 2.45) is 0 Å². The number of carbonyl (C=O) groups is 1. The van der Waals surface area contributed by atoms with Crippen LogP contribution in [0.2, 0.25) is 0 Å². The van der Waals surface area contributed by atoms with Crippen LogP contribution in [0.5, 0.6) is 0 Å². The smallest absolute Gasteiger partial charge is 0.638 e. The summed E-state index contributed by atoms with van der Waals surface area (Å²) in [6, 6.07) is 0. The first-order chi connectivity index (χ1) is 5.81. The third-order valence-electron chi connectivity index (χ3n) is 1.09. The first-order valence-corrected chi connectivity index (χ1v) is 3.69. The fourth-order valence-corrected chi connectivity index (χ4v) is 0.612. The molecule has 0 aromatic carbocycles. The summed E-state index contributed by atoms with van der Waals surface area (Å²) in [5.41, 5.74) is 0. The number of methoxy groups -OCH3 is 2. The van der Waals surface area contributed by atoms with Crippen LogP contribution in [0.25, 0.3) is 5.32 Å². The van der Waals surface area contributed by atoms with Crippen LogP contribution in [0.1, 0.15) is 0 Å². The Morgan fingerprint density at radius 2 is 2.08 bits per heavy atom. The summed E-state index contributed by atoms with van der Waals surface area (Å²) in [4.78, 5) is 10.8. The Labute approximate surface area is 121 Å². The van der Waals surface area contributed by atoms with Gasteiger partial charge in [0.1, 0.15) is 6.61 Å². The van der Waals surface area contributed by atoms with Crippen molar-refractivity contribution in [1.82, 2.24) is 5.32 Å². The summed E-state index contributed by atoms with van der Waals surface area (Å²) in [6.45, 7) is 1.58. The van der Waals surface area contributed by atoms with Gasteiger partial charge in [-0.1, -0.05) is 0 Å². The third-order valence-corrected chi connectivity index (χ3v) is 1.09. The van der Waals surface area contributed by atoms with E-state index in [1.165, 1.54) is 7.11 Å². The van der Waals surface area contributed by atoms with Crippen molar-refractivity contribution in [3.8, 4) is 0 Å². The van der Waals surface area contributed by atoms with E-state index in [2.05, 4.69) is 15.4 Å². The molecule has 0 saturated heterocycles. The molecule has 0 radical (unpaired) electrons. The van der Waals surface area contributed by atoms with E-state index in [4.69, 9.17) is 4.74 Å². The average Bonchev–Trinajstić information content (AvgIpc) is 2.05. The predicted octanol–water partition coefficient (Wildman–Crippen LogP) is -3.27. The molecule has 0 atom stereocenters. The molecule has 5 nitrogen and oxygen atoms in total. The van der Waals surface area contributed by atoms with Crippen molar-refractivity contribution in [2.75, 3.05) is 40.6 Å². The van der Waals surface area contributed by atoms with E-state index in [0.717, 1.165) is 0 Å². The van der Waals surface area contributed by atoms with E-state index in [1.54, 1.807) is 7.11 Å². The Hall–Kier alpha value is 0.986. The minimum atomic E-state index is -0.120. The summed E-state index contributed by atoms with van der Waals surface area (Å²) < 4.78 is 9.31. The molecule has 1 amide bonds. The van der Waals surface area contributed by atoms with Gasteiger partial charge in [-0.15, -0.1) is 6.54 Å². The van der Waals surface area contributed by atoms with Crippen molar-refractivity contribution >= 4 is 5.91 Å². The number of amides is 1. The second-order valence-corrected chi connectivity index (χ2v) is 2.15. The van der Waals surface area contributed by atoms with Gasteiger partial charge in [0.05, 0.1) is 0 Å². The van der Waals surface area contributed by atoms with Crippen LogP contribution >= 0.6 is 0 Å². The van der Waals surface area contributed by atoms with E-state index < -0.39 is 0 Å². The minimum absolute atomic E-state index is 0. The molecule has 0 rings (SSSR count). The molecule has 0 aromatic heterocycles. The molecule has 0 saturated carbocycles. The molecule has 13 heavy (non-hydrogen) atoms. The van der Waals surface area contributed by atoms with Crippen LogP contribution in [-0.2, 0) is 14.3 Å². The van der Waals surface area contributed by atoms with Crippen LogP contribution < -0.4 is 56.7 Å². The summed E-state index contributed by atoms with van der Waals surface area (Å²) >= 11 is 0. The van der Waals surface area contributed by atoms with Gasteiger partial charge in [-0.2, -0.15) is 0 Å². The molecular formula is C7H15KN2O3. The van der Waals surface area contributed by atoms with Gasteiger partial charge < -0.3 is 20.1 Å². The average molecular weight is 214 g/mol. The molecular weight excluding hydrogens is 199 g/mol. The van der Waals surface area contributed by atoms with Crippen molar-refractivity contribution in [3.63, 3.8) is 0 Å². The van der Waals surface area contributed by atoms with Crippen molar-refractivity contribution in [3.05, 3.63) is 5.32 Å². The number of rotatable bonds is 7. The van der Waals surface area contributed by atoms with Gasteiger partial charge in [0.15, 0.2) is 0 Å². The zero-order chi connectivity index (χ0) is 9.23. The molecule has 1 N–H and O–H groups in total. The van der Waals surface area contributed by atoms with Crippen molar-refractivity contribution < 1.29 is 65.7 Å². The summed E-state index contributed by atoms with van der Waals surface area (Å²) in [5.74, 6) is -0.120. The summed E-state index contributed by atoms with van der Waals surface area (Å²) in [6.07, 6.45) is 0. The summed E-state index contributed by atoms with van der Waals surface area (Å²) in [7, 11) is 3.06. The Bertz CT molecular complexity index is 124. The zero-order valence-corrected chi connectivity index (χ0v) is 11.6. The largest absolute Gasteiger partial charge is 1.00 e. The maximum absolute atomic E-state index is 10.8. The quantitative estimate of drug-likeness (QED) is 0.357. The van der Waals surface area contributed by atoms with Gasteiger partial charge in [-0.05, 0) is 13.3 Å². The number of nitrogens with one attached hydrogen (secondary N) is 1. The molecule has 0 aliphatic heterocycles. The second kappa shape index (κ2) is 13.0. The van der Waals surface area contributed by atoms with Gasteiger partial charge in [-0.3, -0.25) is 4.79 Å². The number of carbonyl (C=O) groups excluding carboxylic acids is 1. The van der Waals surface area contributed by atoms with Gasteiger partial charge in [0.25, 0.3) is 0 Å². The number of nitrogens with zero attached hydrogens (tertiary/aromatic N) is 1. The monoisotopic (exact) mass is 214 g/mol. The fraction of sp³-hybridized carbons (Fsp3) is 0.857. The van der Waals surface area contributed by atoms with Crippen LogP contribution in [-0.4, -0.2) is 46.6 Å². The number of ether oxygens (including phenoxy) is 2. The van der Waals surface area contributed by atoms with Gasteiger partial charge in [0, 0.05) is 14.2 Å². The van der Waals surface area contributed by atoms with Crippen LogP contribution in [0.4, 0.5) is 0 Å². The maximum atomic E-state index is 10.8. The topological polar surface area (TPSA) is 61.7 Å². The predicted molar refractivity (Wildman–Crippen MR) is 45.0 cm³/mol. The van der Waals surface area contributed by atoms with E-state index in [-0.39, 0.29) is 63.9 Å². The molecule has 0 aromatic rings. The number of hydrogen-bond acceptors (Lipinski definition) is 3. The van der Waals surface area contributed by atoms with E-state index >= 15 is 0 Å². The summed E-state index contributed by atoms with van der Waals surface area (Å²) in [5, 5.41) is 6.57. The molecule has 0 bridgehead atoms. The van der Waals surface area contributed by atoms with Gasteiger partial charge in [0.2, 0.25) is 5.91 Å². The van der Waals surface area contributed by atoms with Crippen LogP contribution in [0, 0.1) is 0 Å². The standard InChI is InChI=1S/C7H15N2O3.K/c1-11-5-7(10)9-4-3-8-6-12-2;/h3-6H2,1-2H3,(H,9,10);/q-1;+1. The van der Waals surface area contributed by atoms with Crippen molar-refractivity contribution in [2.45, 2.75) is 0 Å². The van der Waals surface area contributed by atoms with Crippen molar-refractivity contribution in [1.29, 1.82) is 0 Å². The maximum Gasteiger partial charge on any atom is 1.00 e. The normalized spacial score (nSPS) is 9.08. The molecule has 6 heteroatoms. The van der Waals surface area contributed by atoms with Gasteiger partial charge in [-0.25, -0.2) is 0 Å². The first kappa shape index (κ1) is 16.4. The second-order valence-electron chi connectivity index (χ2n) is 2.15. The molecule has 0 fully saturated rings. The molecule has 0 aliphatic rings. The zero-order valence-electron chi connectivity index (χ0n) is 8.50. The Kier molecular flexibility index (Phi) is 16.4. The number of hydrogen-bond donors (Lipinski definition) is 1. The fourth-order valence-electron chi connectivity index (χ4n) is 0.612. The molecule has 0 heterocycles. The Balaban J connectivity index is 0. The Morgan fingerprint density at radius 3 is 2.62 bits per heavy atom. The Morgan fingerprint density at radius 1 is 1.38 bits per heavy atom. The molecule has 0 unspecified atom stereocenters. The molecule has 0 spiro atoms. The SMILES string of the molecule is COC[N-]CCNC(=O)COC.[K+].